The van der Waals surface area contributed by atoms with Crippen LogP contribution in [-0.2, 0) is 13.0 Å². The zero-order chi connectivity index (χ0) is 20.3. The van der Waals surface area contributed by atoms with E-state index in [4.69, 9.17) is 22.1 Å². The molecule has 0 atom stereocenters. The van der Waals surface area contributed by atoms with Gasteiger partial charge in [-0.3, -0.25) is 9.59 Å². The number of thiophene rings is 1. The number of carbonyl (C=O) groups excluding carboxylic acids is 2. The first-order valence-electron chi connectivity index (χ1n) is 8.81. The third kappa shape index (κ3) is 4.46. The molecule has 0 radical (unpaired) electrons. The number of halogens is 1. The Morgan fingerprint density at radius 3 is 2.64 bits per heavy atom. The number of benzene rings is 1. The van der Waals surface area contributed by atoms with Crippen LogP contribution in [0.3, 0.4) is 0 Å². The highest BCUT2D eigenvalue weighted by molar-refractivity contribution is 7.09. The number of hydrogen-bond donors (Lipinski definition) is 1. The van der Waals surface area contributed by atoms with Gasteiger partial charge >= 0.3 is 0 Å². The topological polar surface area (TPSA) is 74.3 Å². The molecule has 0 aliphatic carbocycles. The molecule has 5 nitrogen and oxygen atoms in total. The Bertz CT molecular complexity index is 1010. The van der Waals surface area contributed by atoms with Gasteiger partial charge in [-0.15, -0.1) is 11.3 Å². The summed E-state index contributed by atoms with van der Waals surface area (Å²) in [6.45, 7) is 4.56. The van der Waals surface area contributed by atoms with Crippen LogP contribution in [0.25, 0.3) is 0 Å². The van der Waals surface area contributed by atoms with Gasteiger partial charge in [-0.05, 0) is 56.0 Å². The highest BCUT2D eigenvalue weighted by atomic mass is 35.5. The lowest BCUT2D eigenvalue weighted by Crippen LogP contribution is -2.17. The van der Waals surface area contributed by atoms with Crippen LogP contribution in [0.15, 0.2) is 41.8 Å². The number of hydrogen-bond acceptors (Lipinski definition) is 4. The second kappa shape index (κ2) is 8.63. The molecule has 0 spiro atoms. The number of aryl methyl sites for hydroxylation is 2. The normalized spacial score (nSPS) is 10.8. The van der Waals surface area contributed by atoms with Gasteiger partial charge in [-0.2, -0.15) is 0 Å². The van der Waals surface area contributed by atoms with E-state index < -0.39 is 5.91 Å². The van der Waals surface area contributed by atoms with E-state index in [-0.39, 0.29) is 23.7 Å². The average Bonchev–Trinajstić information content (AvgIpc) is 3.27. The van der Waals surface area contributed by atoms with Crippen LogP contribution in [0.1, 0.15) is 37.0 Å². The first kappa shape index (κ1) is 20.2. The van der Waals surface area contributed by atoms with Crippen molar-refractivity contribution < 1.29 is 14.3 Å². The highest BCUT2D eigenvalue weighted by Gasteiger charge is 2.18. The lowest BCUT2D eigenvalue weighted by atomic mass is 10.1. The highest BCUT2D eigenvalue weighted by Crippen LogP contribution is 2.23. The Hall–Kier alpha value is -2.57. The van der Waals surface area contributed by atoms with E-state index in [1.807, 2.05) is 26.0 Å². The lowest BCUT2D eigenvalue weighted by Gasteiger charge is -2.11. The molecule has 146 valence electrons. The molecule has 0 aliphatic heterocycles. The van der Waals surface area contributed by atoms with Gasteiger partial charge in [-0.1, -0.05) is 17.7 Å². The molecule has 0 fully saturated rings. The molecule has 2 heterocycles. The van der Waals surface area contributed by atoms with E-state index in [1.165, 1.54) is 10.9 Å². The maximum atomic E-state index is 12.7. The molecule has 0 saturated heterocycles. The molecule has 3 rings (SSSR count). The maximum Gasteiger partial charge on any atom is 0.252 e. The number of carbonyl (C=O) groups is 2. The van der Waals surface area contributed by atoms with Crippen molar-refractivity contribution in [2.24, 2.45) is 5.73 Å². The fourth-order valence-corrected chi connectivity index (χ4v) is 4.02. The van der Waals surface area contributed by atoms with Crippen LogP contribution in [-0.4, -0.2) is 22.9 Å². The predicted molar refractivity (Wildman–Crippen MR) is 112 cm³/mol. The summed E-state index contributed by atoms with van der Waals surface area (Å²) in [5.41, 5.74) is 8.07. The monoisotopic (exact) mass is 416 g/mol. The molecule has 28 heavy (non-hydrogen) atoms. The molecule has 3 aromatic rings. The minimum Gasteiger partial charge on any atom is -0.485 e. The molecular weight excluding hydrogens is 396 g/mol. The van der Waals surface area contributed by atoms with Crippen molar-refractivity contribution in [1.82, 2.24) is 4.57 Å². The molecule has 1 aromatic carbocycles. The summed E-state index contributed by atoms with van der Waals surface area (Å²) in [5.74, 6) is -0.561. The van der Waals surface area contributed by atoms with E-state index in [1.54, 1.807) is 23.5 Å². The SMILES string of the molecule is Cc1cc(C(=O)COc2ccc(Cl)cc2C(N)=O)c(C)n1CCc1cccs1. The quantitative estimate of drug-likeness (QED) is 0.552. The molecule has 2 N–H and O–H groups in total. The molecule has 7 heteroatoms. The number of Topliss-reactive ketones (excluding diaryl/α,β-unsaturated/α-hetero) is 1. The van der Waals surface area contributed by atoms with Gasteiger partial charge in [0.2, 0.25) is 5.78 Å². The first-order valence-corrected chi connectivity index (χ1v) is 10.1. The van der Waals surface area contributed by atoms with Crippen LogP contribution in [0.2, 0.25) is 5.02 Å². The Kier molecular flexibility index (Phi) is 6.21. The molecule has 1 amide bonds. The van der Waals surface area contributed by atoms with Gasteiger partial charge in [0.1, 0.15) is 5.75 Å². The zero-order valence-electron chi connectivity index (χ0n) is 15.7. The van der Waals surface area contributed by atoms with Gasteiger partial charge in [0.15, 0.2) is 6.61 Å². The number of aromatic nitrogens is 1. The van der Waals surface area contributed by atoms with Crippen molar-refractivity contribution in [3.05, 3.63) is 74.2 Å². The fourth-order valence-electron chi connectivity index (χ4n) is 3.15. The van der Waals surface area contributed by atoms with Gasteiger partial charge in [0.05, 0.1) is 5.56 Å². The standard InChI is InChI=1S/C21H21ClN2O3S/c1-13-10-17(14(2)24(13)8-7-16-4-3-9-28-16)19(25)12-27-20-6-5-15(22)11-18(20)21(23)26/h3-6,9-11H,7-8,12H2,1-2H3,(H2,23,26). The maximum absolute atomic E-state index is 12.7. The second-order valence-electron chi connectivity index (χ2n) is 6.48. The first-order chi connectivity index (χ1) is 13.4. The van der Waals surface area contributed by atoms with Crippen molar-refractivity contribution in [3.63, 3.8) is 0 Å². The second-order valence-corrected chi connectivity index (χ2v) is 7.95. The summed E-state index contributed by atoms with van der Waals surface area (Å²) in [6.07, 6.45) is 0.922. The van der Waals surface area contributed by atoms with Crippen LogP contribution in [0.4, 0.5) is 0 Å². The van der Waals surface area contributed by atoms with Crippen LogP contribution in [0.5, 0.6) is 5.75 Å². The Morgan fingerprint density at radius 1 is 1.18 bits per heavy atom. The minimum atomic E-state index is -0.656. The van der Waals surface area contributed by atoms with Gasteiger partial charge < -0.3 is 15.0 Å². The van der Waals surface area contributed by atoms with Crippen molar-refractivity contribution in [3.8, 4) is 5.75 Å². The van der Waals surface area contributed by atoms with E-state index >= 15 is 0 Å². The Morgan fingerprint density at radius 2 is 1.96 bits per heavy atom. The average molecular weight is 417 g/mol. The van der Waals surface area contributed by atoms with E-state index in [2.05, 4.69) is 16.0 Å². The number of ketones is 1. The molecule has 0 bridgehead atoms. The third-order valence-electron chi connectivity index (χ3n) is 4.60. The lowest BCUT2D eigenvalue weighted by molar-refractivity contribution is 0.0911. The van der Waals surface area contributed by atoms with E-state index in [9.17, 15) is 9.59 Å². The number of primary amides is 1. The van der Waals surface area contributed by atoms with E-state index in [0.29, 0.717) is 10.6 Å². The van der Waals surface area contributed by atoms with Gasteiger partial charge in [-0.25, -0.2) is 0 Å². The number of ether oxygens (including phenoxy) is 1. The van der Waals surface area contributed by atoms with Crippen molar-refractivity contribution >= 4 is 34.6 Å². The smallest absolute Gasteiger partial charge is 0.252 e. The summed E-state index contributed by atoms with van der Waals surface area (Å²) >= 11 is 7.62. The van der Waals surface area contributed by atoms with Crippen molar-refractivity contribution in [2.75, 3.05) is 6.61 Å². The fraction of sp³-hybridized carbons (Fsp3) is 0.238. The number of amides is 1. The third-order valence-corrected chi connectivity index (χ3v) is 5.77. The number of rotatable bonds is 8. The summed E-state index contributed by atoms with van der Waals surface area (Å²) in [5, 5.41) is 2.44. The molecule has 0 unspecified atom stereocenters. The summed E-state index contributed by atoms with van der Waals surface area (Å²) in [6, 6.07) is 10.6. The van der Waals surface area contributed by atoms with Crippen LogP contribution >= 0.6 is 22.9 Å². The Balaban J connectivity index is 1.71. The zero-order valence-corrected chi connectivity index (χ0v) is 17.3. The number of nitrogens with two attached hydrogens (primary N) is 1. The van der Waals surface area contributed by atoms with Gasteiger partial charge in [0.25, 0.3) is 5.91 Å². The van der Waals surface area contributed by atoms with E-state index in [0.717, 1.165) is 24.4 Å². The van der Waals surface area contributed by atoms with Crippen molar-refractivity contribution in [1.29, 1.82) is 0 Å². The van der Waals surface area contributed by atoms with Crippen molar-refractivity contribution in [2.45, 2.75) is 26.8 Å². The molecule has 0 aliphatic rings. The largest absolute Gasteiger partial charge is 0.485 e. The minimum absolute atomic E-state index is 0.152. The molecule has 2 aromatic heterocycles. The Labute approximate surface area is 172 Å². The predicted octanol–water partition coefficient (Wildman–Crippen LogP) is 4.42. The summed E-state index contributed by atoms with van der Waals surface area (Å²) in [4.78, 5) is 25.6. The summed E-state index contributed by atoms with van der Waals surface area (Å²) in [7, 11) is 0. The van der Waals surface area contributed by atoms with Gasteiger partial charge in [0, 0.05) is 33.4 Å². The summed E-state index contributed by atoms with van der Waals surface area (Å²) < 4.78 is 7.72. The number of nitrogens with zero attached hydrogens (tertiary/aromatic N) is 1. The molecule has 0 saturated carbocycles. The molecular formula is C21H21ClN2O3S. The van der Waals surface area contributed by atoms with Crippen LogP contribution in [0, 0.1) is 13.8 Å². The van der Waals surface area contributed by atoms with Crippen LogP contribution < -0.4 is 10.5 Å².